The number of hydrogen-bond acceptors (Lipinski definition) is 4. The van der Waals surface area contributed by atoms with Crippen molar-refractivity contribution in [1.29, 1.82) is 0 Å². The Bertz CT molecular complexity index is 226. The zero-order chi connectivity index (χ0) is 10.7. The van der Waals surface area contributed by atoms with Crippen molar-refractivity contribution in [1.82, 2.24) is 10.2 Å². The average Bonchev–Trinajstić information content (AvgIpc) is 2.14. The Kier molecular flexibility index (Phi) is 3.49. The molecule has 0 aliphatic carbocycles. The summed E-state index contributed by atoms with van der Waals surface area (Å²) in [5.41, 5.74) is 6.44. The average molecular weight is 211 g/mol. The molecular weight excluding hydrogens is 190 g/mol. The monoisotopic (exact) mass is 211 g/mol. The third-order valence-electron chi connectivity index (χ3n) is 3.21. The lowest BCUT2D eigenvalue weighted by Gasteiger charge is -2.41. The minimum absolute atomic E-state index is 0.598. The van der Waals surface area contributed by atoms with Crippen LogP contribution < -0.4 is 11.1 Å². The molecule has 0 spiro atoms. The van der Waals surface area contributed by atoms with Crippen molar-refractivity contribution in [3.05, 3.63) is 11.9 Å². The molecule has 3 N–H and O–H groups in total. The minimum atomic E-state index is 0.598. The molecule has 0 atom stereocenters. The Hall–Kier alpha value is -0.740. The Morgan fingerprint density at radius 3 is 2.53 bits per heavy atom. The van der Waals surface area contributed by atoms with E-state index in [0.717, 1.165) is 18.9 Å². The fourth-order valence-corrected chi connectivity index (χ4v) is 2.11. The molecule has 86 valence electrons. The van der Waals surface area contributed by atoms with Gasteiger partial charge in [-0.25, -0.2) is 0 Å². The van der Waals surface area contributed by atoms with Gasteiger partial charge in [-0.3, -0.25) is 4.90 Å². The molecule has 15 heavy (non-hydrogen) atoms. The van der Waals surface area contributed by atoms with E-state index in [0.29, 0.717) is 12.1 Å². The maximum Gasteiger partial charge on any atom is 0.0645 e. The highest BCUT2D eigenvalue weighted by Crippen LogP contribution is 2.17. The van der Waals surface area contributed by atoms with Gasteiger partial charge in [0.15, 0.2) is 0 Å². The quantitative estimate of drug-likeness (QED) is 0.703. The lowest BCUT2D eigenvalue weighted by molar-refractivity contribution is -0.0716. The highest BCUT2D eigenvalue weighted by molar-refractivity contribution is 4.93. The molecule has 2 aliphatic rings. The molecule has 2 heterocycles. The van der Waals surface area contributed by atoms with E-state index in [9.17, 15) is 0 Å². The molecule has 0 aromatic heterocycles. The molecule has 0 aromatic carbocycles. The van der Waals surface area contributed by atoms with E-state index in [2.05, 4.69) is 10.2 Å². The number of likely N-dealkylation sites (tertiary alicyclic amines) is 1. The van der Waals surface area contributed by atoms with Crippen molar-refractivity contribution in [2.75, 3.05) is 26.3 Å². The van der Waals surface area contributed by atoms with E-state index in [1.807, 2.05) is 13.1 Å². The van der Waals surface area contributed by atoms with E-state index in [-0.39, 0.29) is 0 Å². The molecule has 0 amide bonds. The molecular formula is C11H21N3O. The predicted octanol–water partition coefficient (Wildman–Crippen LogP) is 0.259. The highest BCUT2D eigenvalue weighted by Gasteiger charge is 2.29. The van der Waals surface area contributed by atoms with Crippen molar-refractivity contribution >= 4 is 0 Å². The zero-order valence-electron chi connectivity index (χ0n) is 9.41. The van der Waals surface area contributed by atoms with Crippen molar-refractivity contribution in [2.24, 2.45) is 5.73 Å². The summed E-state index contributed by atoms with van der Waals surface area (Å²) >= 11 is 0. The topological polar surface area (TPSA) is 50.5 Å². The number of allylic oxidation sites excluding steroid dienone is 1. The number of rotatable bonds is 3. The third kappa shape index (κ3) is 2.86. The Labute approximate surface area is 91.5 Å². The summed E-state index contributed by atoms with van der Waals surface area (Å²) in [6.45, 7) is 6.14. The van der Waals surface area contributed by atoms with E-state index < -0.39 is 0 Å². The van der Waals surface area contributed by atoms with Gasteiger partial charge in [-0.15, -0.1) is 0 Å². The van der Waals surface area contributed by atoms with E-state index >= 15 is 0 Å². The van der Waals surface area contributed by atoms with Gasteiger partial charge in [-0.05, 0) is 19.8 Å². The van der Waals surface area contributed by atoms with Gasteiger partial charge < -0.3 is 15.8 Å². The van der Waals surface area contributed by atoms with Crippen LogP contribution in [0.25, 0.3) is 0 Å². The van der Waals surface area contributed by atoms with Gasteiger partial charge in [-0.1, -0.05) is 0 Å². The molecule has 2 fully saturated rings. The van der Waals surface area contributed by atoms with E-state index in [1.54, 1.807) is 0 Å². The number of piperidine rings is 1. The molecule has 0 saturated carbocycles. The van der Waals surface area contributed by atoms with Crippen LogP contribution in [0.3, 0.4) is 0 Å². The minimum Gasteiger partial charge on any atom is -0.401 e. The first-order valence-corrected chi connectivity index (χ1v) is 5.76. The molecule has 2 saturated heterocycles. The lowest BCUT2D eigenvalue weighted by atomic mass is 10.0. The molecule has 4 heteroatoms. The summed E-state index contributed by atoms with van der Waals surface area (Å²) in [7, 11) is 0. The van der Waals surface area contributed by atoms with Gasteiger partial charge in [0.2, 0.25) is 0 Å². The molecule has 4 nitrogen and oxygen atoms in total. The van der Waals surface area contributed by atoms with Gasteiger partial charge in [0.1, 0.15) is 0 Å². The van der Waals surface area contributed by atoms with Crippen LogP contribution in [0.4, 0.5) is 0 Å². The SMILES string of the molecule is C/C(N)=C/NC1CCN(C2COC2)CC1. The number of nitrogens with zero attached hydrogens (tertiary/aromatic N) is 1. The van der Waals surface area contributed by atoms with Gasteiger partial charge in [0, 0.05) is 31.0 Å². The summed E-state index contributed by atoms with van der Waals surface area (Å²) in [5.74, 6) is 0. The van der Waals surface area contributed by atoms with Crippen molar-refractivity contribution in [3.63, 3.8) is 0 Å². The first-order chi connectivity index (χ1) is 7.25. The Balaban J connectivity index is 1.69. The smallest absolute Gasteiger partial charge is 0.0645 e. The number of nitrogens with one attached hydrogen (secondary N) is 1. The molecule has 0 bridgehead atoms. The zero-order valence-corrected chi connectivity index (χ0v) is 9.41. The lowest BCUT2D eigenvalue weighted by Crippen LogP contribution is -2.53. The van der Waals surface area contributed by atoms with Gasteiger partial charge >= 0.3 is 0 Å². The van der Waals surface area contributed by atoms with Crippen LogP contribution in [0.5, 0.6) is 0 Å². The Morgan fingerprint density at radius 1 is 1.40 bits per heavy atom. The van der Waals surface area contributed by atoms with E-state index in [4.69, 9.17) is 10.5 Å². The highest BCUT2D eigenvalue weighted by atomic mass is 16.5. The van der Waals surface area contributed by atoms with Crippen LogP contribution in [0, 0.1) is 0 Å². The summed E-state index contributed by atoms with van der Waals surface area (Å²) in [4.78, 5) is 2.54. The summed E-state index contributed by atoms with van der Waals surface area (Å²) < 4.78 is 5.21. The van der Waals surface area contributed by atoms with Crippen LogP contribution in [-0.2, 0) is 4.74 Å². The first kappa shape index (κ1) is 10.8. The van der Waals surface area contributed by atoms with Crippen molar-refractivity contribution in [2.45, 2.75) is 31.8 Å². The largest absolute Gasteiger partial charge is 0.401 e. The molecule has 2 rings (SSSR count). The van der Waals surface area contributed by atoms with Gasteiger partial charge in [-0.2, -0.15) is 0 Å². The van der Waals surface area contributed by atoms with Crippen LogP contribution in [-0.4, -0.2) is 43.3 Å². The molecule has 0 radical (unpaired) electrons. The second-order valence-corrected chi connectivity index (χ2v) is 4.56. The predicted molar refractivity (Wildman–Crippen MR) is 60.3 cm³/mol. The number of nitrogens with two attached hydrogens (primary N) is 1. The van der Waals surface area contributed by atoms with E-state index in [1.165, 1.54) is 25.9 Å². The Morgan fingerprint density at radius 2 is 2.07 bits per heavy atom. The van der Waals surface area contributed by atoms with Crippen LogP contribution in [0.15, 0.2) is 11.9 Å². The molecule has 2 aliphatic heterocycles. The summed E-state index contributed by atoms with van der Waals surface area (Å²) in [6, 6.07) is 1.29. The maximum atomic E-state index is 5.59. The van der Waals surface area contributed by atoms with Crippen LogP contribution >= 0.6 is 0 Å². The standard InChI is InChI=1S/C11H21N3O/c1-9(12)6-13-10-2-4-14(5-3-10)11-7-15-8-11/h6,10-11,13H,2-5,7-8,12H2,1H3/b9-6-. The van der Waals surface area contributed by atoms with Gasteiger partial charge in [0.05, 0.1) is 19.3 Å². The first-order valence-electron chi connectivity index (χ1n) is 5.76. The second-order valence-electron chi connectivity index (χ2n) is 4.56. The third-order valence-corrected chi connectivity index (χ3v) is 3.21. The second kappa shape index (κ2) is 4.86. The summed E-state index contributed by atoms with van der Waals surface area (Å²) in [6.07, 6.45) is 4.34. The number of ether oxygens (including phenoxy) is 1. The molecule has 0 unspecified atom stereocenters. The van der Waals surface area contributed by atoms with Gasteiger partial charge in [0.25, 0.3) is 0 Å². The molecule has 0 aromatic rings. The number of hydrogen-bond donors (Lipinski definition) is 2. The van der Waals surface area contributed by atoms with Crippen LogP contribution in [0.2, 0.25) is 0 Å². The maximum absolute atomic E-state index is 5.59. The normalized spacial score (nSPS) is 26.3. The summed E-state index contributed by atoms with van der Waals surface area (Å²) in [5, 5.41) is 3.37. The van der Waals surface area contributed by atoms with Crippen molar-refractivity contribution < 1.29 is 4.74 Å². The fourth-order valence-electron chi connectivity index (χ4n) is 2.11. The van der Waals surface area contributed by atoms with Crippen molar-refractivity contribution in [3.8, 4) is 0 Å². The van der Waals surface area contributed by atoms with Crippen LogP contribution in [0.1, 0.15) is 19.8 Å². The fraction of sp³-hybridized carbons (Fsp3) is 0.818.